The summed E-state index contributed by atoms with van der Waals surface area (Å²) in [5.74, 6) is 0.954. The second-order valence-electron chi connectivity index (χ2n) is 4.08. The Hall–Kier alpha value is -0.610. The monoisotopic (exact) mass is 215 g/mol. The number of hydrogen-bond donors (Lipinski definition) is 2. The molecule has 0 amide bonds. The molecule has 0 rings (SSSR count). The van der Waals surface area contributed by atoms with E-state index >= 15 is 0 Å². The molecule has 0 aromatic heterocycles. The van der Waals surface area contributed by atoms with E-state index in [1.54, 1.807) is 7.11 Å². The summed E-state index contributed by atoms with van der Waals surface area (Å²) in [6.45, 7) is 8.04. The first kappa shape index (κ1) is 14.4. The number of nitrogens with zero attached hydrogens (tertiary/aromatic N) is 1. The lowest BCUT2D eigenvalue weighted by molar-refractivity contribution is 0.139. The van der Waals surface area contributed by atoms with Crippen LogP contribution < -0.4 is 5.73 Å². The Balaban J connectivity index is 3.88. The van der Waals surface area contributed by atoms with Crippen LogP contribution in [-0.4, -0.2) is 44.1 Å². The highest BCUT2D eigenvalue weighted by molar-refractivity contribution is 5.76. The third kappa shape index (κ3) is 8.39. The molecule has 4 heteroatoms. The molecule has 0 aliphatic carbocycles. The Labute approximate surface area is 93.3 Å². The number of ether oxygens (including phenoxy) is 1. The first-order chi connectivity index (χ1) is 7.10. The molecular formula is C11H25N3O. The van der Waals surface area contributed by atoms with Gasteiger partial charge < -0.3 is 15.4 Å². The molecule has 0 aliphatic rings. The van der Waals surface area contributed by atoms with Gasteiger partial charge in [-0.05, 0) is 5.92 Å². The summed E-state index contributed by atoms with van der Waals surface area (Å²) in [5, 5.41) is 7.21. The molecule has 0 heterocycles. The Bertz CT molecular complexity index is 173. The van der Waals surface area contributed by atoms with Crippen LogP contribution in [0, 0.1) is 11.3 Å². The molecule has 0 saturated heterocycles. The number of nitrogens with one attached hydrogen (secondary N) is 1. The van der Waals surface area contributed by atoms with E-state index < -0.39 is 0 Å². The van der Waals surface area contributed by atoms with Crippen LogP contribution in [0.15, 0.2) is 0 Å². The molecule has 3 N–H and O–H groups in total. The molecule has 0 bridgehead atoms. The van der Waals surface area contributed by atoms with Crippen molar-refractivity contribution in [2.75, 3.05) is 33.4 Å². The number of rotatable bonds is 9. The predicted molar refractivity (Wildman–Crippen MR) is 64.3 cm³/mol. The van der Waals surface area contributed by atoms with Crippen LogP contribution in [-0.2, 0) is 4.74 Å². The molecule has 90 valence electrons. The number of methoxy groups -OCH3 is 1. The van der Waals surface area contributed by atoms with Crippen LogP contribution in [0.5, 0.6) is 0 Å². The second-order valence-corrected chi connectivity index (χ2v) is 4.08. The zero-order valence-electron chi connectivity index (χ0n) is 10.3. The molecule has 0 aromatic rings. The van der Waals surface area contributed by atoms with Gasteiger partial charge in [-0.25, -0.2) is 0 Å². The summed E-state index contributed by atoms with van der Waals surface area (Å²) >= 11 is 0. The predicted octanol–water partition coefficient (Wildman–Crippen LogP) is 1.31. The largest absolute Gasteiger partial charge is 0.388 e. The van der Waals surface area contributed by atoms with E-state index in [2.05, 4.69) is 18.7 Å². The standard InChI is InChI=1S/C11H25N3O/c1-4-10(2)9-14(7-8-15-3)6-5-11(12)13/h10H,4-9H2,1-3H3,(H3,12,13). The first-order valence-electron chi connectivity index (χ1n) is 5.64. The summed E-state index contributed by atoms with van der Waals surface area (Å²) in [6, 6.07) is 0. The van der Waals surface area contributed by atoms with Crippen molar-refractivity contribution < 1.29 is 4.74 Å². The Morgan fingerprint density at radius 1 is 1.47 bits per heavy atom. The number of nitrogens with two attached hydrogens (primary N) is 1. The SMILES string of the molecule is CCC(C)CN(CCOC)CCC(=N)N. The van der Waals surface area contributed by atoms with Crippen molar-refractivity contribution in [3.8, 4) is 0 Å². The van der Waals surface area contributed by atoms with E-state index in [4.69, 9.17) is 15.9 Å². The van der Waals surface area contributed by atoms with Crippen LogP contribution in [0.1, 0.15) is 26.7 Å². The molecule has 1 unspecified atom stereocenters. The summed E-state index contributed by atoms with van der Waals surface area (Å²) in [5.41, 5.74) is 5.36. The number of hydrogen-bond acceptors (Lipinski definition) is 3. The van der Waals surface area contributed by atoms with Gasteiger partial charge in [-0.1, -0.05) is 20.3 Å². The highest BCUT2D eigenvalue weighted by Gasteiger charge is 2.08. The van der Waals surface area contributed by atoms with E-state index in [1.807, 2.05) is 0 Å². The summed E-state index contributed by atoms with van der Waals surface area (Å²) in [4.78, 5) is 2.32. The van der Waals surface area contributed by atoms with Crippen molar-refractivity contribution in [3.05, 3.63) is 0 Å². The second kappa shape index (κ2) is 8.68. The highest BCUT2D eigenvalue weighted by Crippen LogP contribution is 2.04. The van der Waals surface area contributed by atoms with Gasteiger partial charge in [0.1, 0.15) is 0 Å². The van der Waals surface area contributed by atoms with Gasteiger partial charge in [-0.15, -0.1) is 0 Å². The van der Waals surface area contributed by atoms with Crippen molar-refractivity contribution in [1.82, 2.24) is 4.90 Å². The van der Waals surface area contributed by atoms with Gasteiger partial charge in [-0.3, -0.25) is 5.41 Å². The maximum Gasteiger partial charge on any atom is 0.0918 e. The normalized spacial score (nSPS) is 13.1. The smallest absolute Gasteiger partial charge is 0.0918 e. The van der Waals surface area contributed by atoms with Crippen molar-refractivity contribution in [1.29, 1.82) is 5.41 Å². The fourth-order valence-electron chi connectivity index (χ4n) is 1.36. The molecular weight excluding hydrogens is 190 g/mol. The van der Waals surface area contributed by atoms with Gasteiger partial charge in [0.05, 0.1) is 12.4 Å². The van der Waals surface area contributed by atoms with E-state index in [0.717, 1.165) is 26.2 Å². The van der Waals surface area contributed by atoms with Crippen LogP contribution in [0.25, 0.3) is 0 Å². The fourth-order valence-corrected chi connectivity index (χ4v) is 1.36. The average molecular weight is 215 g/mol. The highest BCUT2D eigenvalue weighted by atomic mass is 16.5. The zero-order chi connectivity index (χ0) is 11.7. The molecule has 0 radical (unpaired) electrons. The summed E-state index contributed by atoms with van der Waals surface area (Å²) in [6.07, 6.45) is 1.84. The van der Waals surface area contributed by atoms with Crippen LogP contribution >= 0.6 is 0 Å². The Kier molecular flexibility index (Phi) is 8.33. The lowest BCUT2D eigenvalue weighted by Gasteiger charge is -2.24. The molecule has 0 spiro atoms. The van der Waals surface area contributed by atoms with Gasteiger partial charge in [0.25, 0.3) is 0 Å². The third-order valence-corrected chi connectivity index (χ3v) is 2.58. The summed E-state index contributed by atoms with van der Waals surface area (Å²) in [7, 11) is 1.71. The van der Waals surface area contributed by atoms with E-state index in [9.17, 15) is 0 Å². The first-order valence-corrected chi connectivity index (χ1v) is 5.64. The van der Waals surface area contributed by atoms with Crippen molar-refractivity contribution in [3.63, 3.8) is 0 Å². The van der Waals surface area contributed by atoms with Crippen molar-refractivity contribution in [2.45, 2.75) is 26.7 Å². The molecule has 0 fully saturated rings. The van der Waals surface area contributed by atoms with Crippen LogP contribution in [0.4, 0.5) is 0 Å². The molecule has 15 heavy (non-hydrogen) atoms. The van der Waals surface area contributed by atoms with Gasteiger partial charge in [-0.2, -0.15) is 0 Å². The quantitative estimate of drug-likeness (QED) is 0.450. The minimum Gasteiger partial charge on any atom is -0.388 e. The maximum atomic E-state index is 7.21. The molecule has 1 atom stereocenters. The lowest BCUT2D eigenvalue weighted by atomic mass is 10.1. The Morgan fingerprint density at radius 3 is 2.60 bits per heavy atom. The van der Waals surface area contributed by atoms with Gasteiger partial charge >= 0.3 is 0 Å². The topological polar surface area (TPSA) is 62.3 Å². The summed E-state index contributed by atoms with van der Waals surface area (Å²) < 4.78 is 5.07. The molecule has 0 saturated carbocycles. The van der Waals surface area contributed by atoms with Gasteiger partial charge in [0.15, 0.2) is 0 Å². The van der Waals surface area contributed by atoms with Gasteiger partial charge in [0.2, 0.25) is 0 Å². The molecule has 4 nitrogen and oxygen atoms in total. The van der Waals surface area contributed by atoms with Crippen molar-refractivity contribution >= 4 is 5.84 Å². The van der Waals surface area contributed by atoms with E-state index in [0.29, 0.717) is 12.3 Å². The van der Waals surface area contributed by atoms with E-state index in [-0.39, 0.29) is 5.84 Å². The van der Waals surface area contributed by atoms with Crippen LogP contribution in [0.3, 0.4) is 0 Å². The van der Waals surface area contributed by atoms with Crippen LogP contribution in [0.2, 0.25) is 0 Å². The molecule has 0 aliphatic heterocycles. The zero-order valence-corrected chi connectivity index (χ0v) is 10.3. The van der Waals surface area contributed by atoms with Gasteiger partial charge in [0, 0.05) is 33.2 Å². The fraction of sp³-hybridized carbons (Fsp3) is 0.909. The minimum absolute atomic E-state index is 0.265. The molecule has 0 aromatic carbocycles. The Morgan fingerprint density at radius 2 is 2.13 bits per heavy atom. The average Bonchev–Trinajstić information content (AvgIpc) is 2.21. The van der Waals surface area contributed by atoms with Crippen molar-refractivity contribution in [2.24, 2.45) is 11.7 Å². The minimum atomic E-state index is 0.265. The number of amidine groups is 1. The third-order valence-electron chi connectivity index (χ3n) is 2.58. The van der Waals surface area contributed by atoms with E-state index in [1.165, 1.54) is 6.42 Å². The maximum absolute atomic E-state index is 7.21. The lowest BCUT2D eigenvalue weighted by Crippen LogP contribution is -2.34.